The monoisotopic (exact) mass is 764 g/mol. The molecule has 0 aliphatic rings. The van der Waals surface area contributed by atoms with E-state index in [2.05, 4.69) is 86.8 Å². The quantitative estimate of drug-likeness (QED) is 0.0275. The third-order valence-corrected chi connectivity index (χ3v) is 9.34. The van der Waals surface area contributed by atoms with E-state index in [-0.39, 0.29) is 38.8 Å². The summed E-state index contributed by atoms with van der Waals surface area (Å²) < 4.78 is 33.4. The Hall–Kier alpha value is -2.06. The van der Waals surface area contributed by atoms with Crippen LogP contribution < -0.4 is 5.73 Å². The summed E-state index contributed by atoms with van der Waals surface area (Å²) in [6.07, 6.45) is 50.6. The molecule has 2 atom stereocenters. The zero-order valence-electron chi connectivity index (χ0n) is 33.7. The van der Waals surface area contributed by atoms with E-state index in [0.29, 0.717) is 13.0 Å². The van der Waals surface area contributed by atoms with Crippen molar-refractivity contribution in [1.82, 2.24) is 0 Å². The van der Waals surface area contributed by atoms with Crippen LogP contribution >= 0.6 is 7.82 Å². The van der Waals surface area contributed by atoms with Crippen molar-refractivity contribution in [2.75, 3.05) is 33.0 Å². The third-order valence-electron chi connectivity index (χ3n) is 8.36. The number of rotatable bonds is 39. The minimum atomic E-state index is -4.29. The zero-order chi connectivity index (χ0) is 38.8. The average molecular weight is 764 g/mol. The second kappa shape index (κ2) is 41.1. The van der Waals surface area contributed by atoms with Gasteiger partial charge in [-0.3, -0.25) is 13.8 Å². The molecule has 0 aliphatic carbocycles. The van der Waals surface area contributed by atoms with E-state index in [1.807, 2.05) is 0 Å². The van der Waals surface area contributed by atoms with Gasteiger partial charge in [0.1, 0.15) is 6.10 Å². The number of carbonyl (C=O) groups is 1. The number of ether oxygens (including phenoxy) is 2. The van der Waals surface area contributed by atoms with Gasteiger partial charge in [-0.25, -0.2) is 4.57 Å². The fourth-order valence-electron chi connectivity index (χ4n) is 5.31. The number of unbranched alkanes of at least 4 members (excludes halogenated alkanes) is 14. The van der Waals surface area contributed by atoms with Crippen molar-refractivity contribution in [2.45, 2.75) is 168 Å². The van der Waals surface area contributed by atoms with E-state index in [4.69, 9.17) is 24.3 Å². The van der Waals surface area contributed by atoms with Gasteiger partial charge in [-0.15, -0.1) is 0 Å². The van der Waals surface area contributed by atoms with E-state index in [1.54, 1.807) is 0 Å². The molecule has 0 aromatic heterocycles. The Morgan fingerprint density at radius 2 is 1.06 bits per heavy atom. The van der Waals surface area contributed by atoms with Gasteiger partial charge in [0.15, 0.2) is 0 Å². The van der Waals surface area contributed by atoms with Gasteiger partial charge in [0.2, 0.25) is 0 Å². The molecule has 0 fully saturated rings. The molecule has 0 radical (unpaired) electrons. The van der Waals surface area contributed by atoms with Gasteiger partial charge < -0.3 is 20.1 Å². The molecule has 0 heterocycles. The maximum absolute atomic E-state index is 12.6. The SMILES string of the molecule is CC/C=C\C/C=C\C/C=C\C/C=C\C/C=C\CCCCCC(=O)OC(COCCCCCCCC/C=C\CCCCCCC)COP(=O)(O)OCCN. The molecule has 0 amide bonds. The molecule has 0 saturated carbocycles. The lowest BCUT2D eigenvalue weighted by molar-refractivity contribution is -0.154. The van der Waals surface area contributed by atoms with Crippen molar-refractivity contribution in [1.29, 1.82) is 0 Å². The van der Waals surface area contributed by atoms with Crippen molar-refractivity contribution in [2.24, 2.45) is 5.73 Å². The Labute approximate surface area is 325 Å². The van der Waals surface area contributed by atoms with Crippen molar-refractivity contribution < 1.29 is 32.8 Å². The second-order valence-corrected chi connectivity index (χ2v) is 14.9. The highest BCUT2D eigenvalue weighted by atomic mass is 31.2. The van der Waals surface area contributed by atoms with Gasteiger partial charge in [-0.2, -0.15) is 0 Å². The van der Waals surface area contributed by atoms with Crippen LogP contribution in [-0.2, 0) is 27.9 Å². The lowest BCUT2D eigenvalue weighted by Crippen LogP contribution is -2.28. The topological polar surface area (TPSA) is 117 Å². The summed E-state index contributed by atoms with van der Waals surface area (Å²) >= 11 is 0. The standard InChI is InChI=1S/C44H78NO7P/c1-3-5-7-9-11-13-15-17-19-20-21-22-23-25-27-29-31-33-35-37-44(46)52-43(42-51-53(47,48)50-40-38-45)41-49-39-36-34-32-30-28-26-24-18-16-14-12-10-8-6-4-2/h5,7,11,13,16-19,21-22,25,27,43H,3-4,6,8-10,12,14-15,20,23-24,26,28-42,45H2,1-2H3,(H,47,48)/b7-5-,13-11-,18-16-,19-17-,22-21-,27-25-. The van der Waals surface area contributed by atoms with Crippen LogP contribution in [0.4, 0.5) is 0 Å². The fraction of sp³-hybridized carbons (Fsp3) is 0.705. The van der Waals surface area contributed by atoms with Gasteiger partial charge in [0.05, 0.1) is 19.8 Å². The molecule has 0 aromatic rings. The molecular weight excluding hydrogens is 685 g/mol. The molecule has 2 unspecified atom stereocenters. The summed E-state index contributed by atoms with van der Waals surface area (Å²) in [4.78, 5) is 22.4. The van der Waals surface area contributed by atoms with E-state index in [0.717, 1.165) is 64.2 Å². The van der Waals surface area contributed by atoms with E-state index >= 15 is 0 Å². The average Bonchev–Trinajstić information content (AvgIpc) is 3.15. The van der Waals surface area contributed by atoms with Gasteiger partial charge >= 0.3 is 13.8 Å². The molecular formula is C44H78NO7P. The molecule has 0 aromatic carbocycles. The first-order chi connectivity index (χ1) is 25.9. The Bertz CT molecular complexity index is 1040. The lowest BCUT2D eigenvalue weighted by atomic mass is 10.1. The first-order valence-electron chi connectivity index (χ1n) is 20.9. The normalized spacial score (nSPS) is 14.3. The van der Waals surface area contributed by atoms with E-state index in [1.165, 1.54) is 70.6 Å². The smallest absolute Gasteiger partial charge is 0.457 e. The number of esters is 1. The number of phosphoric acid groups is 1. The van der Waals surface area contributed by atoms with Gasteiger partial charge in [0.25, 0.3) is 0 Å². The molecule has 0 rings (SSSR count). The van der Waals surface area contributed by atoms with Crippen LogP contribution in [0.5, 0.6) is 0 Å². The van der Waals surface area contributed by atoms with Crippen LogP contribution in [0.2, 0.25) is 0 Å². The summed E-state index contributed by atoms with van der Waals surface area (Å²) in [7, 11) is -4.29. The van der Waals surface area contributed by atoms with Gasteiger partial charge in [0, 0.05) is 19.6 Å². The maximum atomic E-state index is 12.6. The highest BCUT2D eigenvalue weighted by Gasteiger charge is 2.25. The van der Waals surface area contributed by atoms with E-state index in [9.17, 15) is 14.3 Å². The minimum Gasteiger partial charge on any atom is -0.457 e. The summed E-state index contributed by atoms with van der Waals surface area (Å²) in [6.45, 7) is 4.72. The number of allylic oxidation sites excluding steroid dienone is 12. The molecule has 3 N–H and O–H groups in total. The predicted molar refractivity (Wildman–Crippen MR) is 224 cm³/mol. The lowest BCUT2D eigenvalue weighted by Gasteiger charge is -2.20. The van der Waals surface area contributed by atoms with Gasteiger partial charge in [-0.1, -0.05) is 145 Å². The third kappa shape index (κ3) is 41.0. The number of phosphoric ester groups is 1. The van der Waals surface area contributed by atoms with Crippen LogP contribution in [0.3, 0.4) is 0 Å². The molecule has 306 valence electrons. The molecule has 9 heteroatoms. The molecule has 0 saturated heterocycles. The van der Waals surface area contributed by atoms with E-state index < -0.39 is 13.9 Å². The Balaban J connectivity index is 4.15. The Kier molecular flexibility index (Phi) is 39.5. The largest absolute Gasteiger partial charge is 0.472 e. The predicted octanol–water partition coefficient (Wildman–Crippen LogP) is 12.4. The highest BCUT2D eigenvalue weighted by Crippen LogP contribution is 2.43. The first kappa shape index (κ1) is 50.9. The molecule has 0 aliphatic heterocycles. The number of nitrogens with two attached hydrogens (primary N) is 1. The van der Waals surface area contributed by atoms with Crippen LogP contribution in [0.15, 0.2) is 72.9 Å². The summed E-state index contributed by atoms with van der Waals surface area (Å²) in [6, 6.07) is 0. The summed E-state index contributed by atoms with van der Waals surface area (Å²) in [5.41, 5.74) is 5.36. The van der Waals surface area contributed by atoms with Crippen LogP contribution in [0.1, 0.15) is 162 Å². The minimum absolute atomic E-state index is 0.0901. The van der Waals surface area contributed by atoms with Crippen LogP contribution in [-0.4, -0.2) is 49.9 Å². The molecule has 8 nitrogen and oxygen atoms in total. The van der Waals surface area contributed by atoms with Crippen molar-refractivity contribution in [3.8, 4) is 0 Å². The van der Waals surface area contributed by atoms with Gasteiger partial charge in [-0.05, 0) is 83.5 Å². The number of hydrogen-bond acceptors (Lipinski definition) is 7. The Morgan fingerprint density at radius 1 is 0.585 bits per heavy atom. The summed E-state index contributed by atoms with van der Waals surface area (Å²) in [5, 5.41) is 0. The zero-order valence-corrected chi connectivity index (χ0v) is 34.6. The maximum Gasteiger partial charge on any atom is 0.472 e. The van der Waals surface area contributed by atoms with Crippen LogP contribution in [0.25, 0.3) is 0 Å². The number of hydrogen-bond donors (Lipinski definition) is 2. The first-order valence-corrected chi connectivity index (χ1v) is 22.4. The van der Waals surface area contributed by atoms with Crippen molar-refractivity contribution in [3.63, 3.8) is 0 Å². The molecule has 0 bridgehead atoms. The van der Waals surface area contributed by atoms with Crippen molar-refractivity contribution >= 4 is 13.8 Å². The molecule has 53 heavy (non-hydrogen) atoms. The Morgan fingerprint density at radius 3 is 1.60 bits per heavy atom. The van der Waals surface area contributed by atoms with Crippen LogP contribution in [0, 0.1) is 0 Å². The highest BCUT2D eigenvalue weighted by molar-refractivity contribution is 7.47. The molecule has 0 spiro atoms. The van der Waals surface area contributed by atoms with Crippen molar-refractivity contribution in [3.05, 3.63) is 72.9 Å². The fourth-order valence-corrected chi connectivity index (χ4v) is 6.08. The number of carbonyl (C=O) groups excluding carboxylic acids is 1. The second-order valence-electron chi connectivity index (χ2n) is 13.5. The summed E-state index contributed by atoms with van der Waals surface area (Å²) in [5.74, 6) is -0.366.